The van der Waals surface area contributed by atoms with Gasteiger partial charge < -0.3 is 10.2 Å². The summed E-state index contributed by atoms with van der Waals surface area (Å²) in [6.07, 6.45) is 2.67. The molecule has 1 saturated heterocycles. The summed E-state index contributed by atoms with van der Waals surface area (Å²) in [5.74, 6) is -0.476. The minimum absolute atomic E-state index is 0.0523. The van der Waals surface area contributed by atoms with Gasteiger partial charge >= 0.3 is 0 Å². The fourth-order valence-corrected chi connectivity index (χ4v) is 6.04. The number of benzene rings is 1. The zero-order valence-corrected chi connectivity index (χ0v) is 22.4. The smallest absolute Gasteiger partial charge is 0.248 e. The van der Waals surface area contributed by atoms with E-state index in [2.05, 4.69) is 38.3 Å². The van der Waals surface area contributed by atoms with Gasteiger partial charge in [0, 0.05) is 29.5 Å². The lowest BCUT2D eigenvalue weighted by molar-refractivity contribution is -0.138. The van der Waals surface area contributed by atoms with Crippen molar-refractivity contribution in [3.63, 3.8) is 0 Å². The monoisotopic (exact) mass is 572 g/mol. The Labute approximate surface area is 216 Å². The Bertz CT molecular complexity index is 1550. The van der Waals surface area contributed by atoms with Crippen LogP contribution in [0.4, 0.5) is 5.82 Å². The van der Waals surface area contributed by atoms with E-state index in [0.29, 0.717) is 27.7 Å². The molecular weight excluding hydrogens is 548 g/mol. The SMILES string of the molecule is CC(=O)c1nn(CC(=O)N2[C@H](C(=O)Nc3cccc(Br)n3)C[C@@]3(C)C[C@@H]23)c2cc(S(C)(=N)=O)ccc12. The molecule has 4 atom stereocenters. The number of nitrogens with one attached hydrogen (secondary N) is 2. The van der Waals surface area contributed by atoms with Gasteiger partial charge in [-0.25, -0.2) is 14.0 Å². The zero-order valence-electron chi connectivity index (χ0n) is 19.9. The number of amides is 2. The first-order valence-corrected chi connectivity index (χ1v) is 14.1. The molecule has 5 rings (SSSR count). The van der Waals surface area contributed by atoms with E-state index in [4.69, 9.17) is 4.78 Å². The highest BCUT2D eigenvalue weighted by Gasteiger charge is 2.64. The lowest BCUT2D eigenvalue weighted by Gasteiger charge is -2.26. The molecule has 1 aromatic carbocycles. The van der Waals surface area contributed by atoms with Gasteiger partial charge in [-0.15, -0.1) is 0 Å². The first-order chi connectivity index (χ1) is 16.9. The molecule has 2 aromatic heterocycles. The Balaban J connectivity index is 1.46. The summed E-state index contributed by atoms with van der Waals surface area (Å²) >= 11 is 3.29. The maximum Gasteiger partial charge on any atom is 0.248 e. The average molecular weight is 573 g/mol. The highest BCUT2D eigenvalue weighted by atomic mass is 79.9. The molecule has 3 heterocycles. The van der Waals surface area contributed by atoms with Crippen LogP contribution in [-0.2, 0) is 25.9 Å². The first kappa shape index (κ1) is 24.6. The summed E-state index contributed by atoms with van der Waals surface area (Å²) in [4.78, 5) is 45.2. The number of likely N-dealkylation sites (tertiary alicyclic amines) is 1. The minimum atomic E-state index is -3.01. The van der Waals surface area contributed by atoms with Crippen LogP contribution >= 0.6 is 15.9 Å². The molecule has 0 spiro atoms. The van der Waals surface area contributed by atoms with E-state index in [1.54, 1.807) is 41.3 Å². The van der Waals surface area contributed by atoms with E-state index in [-0.39, 0.29) is 46.2 Å². The normalized spacial score (nSPS) is 24.3. The Kier molecular flexibility index (Phi) is 5.79. The van der Waals surface area contributed by atoms with Crippen LogP contribution in [0.15, 0.2) is 45.9 Å². The number of carbonyl (C=O) groups is 3. The summed E-state index contributed by atoms with van der Waals surface area (Å²) in [5, 5.41) is 7.71. The van der Waals surface area contributed by atoms with E-state index < -0.39 is 15.8 Å². The maximum atomic E-state index is 13.6. The average Bonchev–Trinajstić information content (AvgIpc) is 3.16. The molecule has 36 heavy (non-hydrogen) atoms. The molecule has 188 valence electrons. The number of hydrogen-bond donors (Lipinski definition) is 2. The summed E-state index contributed by atoms with van der Waals surface area (Å²) in [5.41, 5.74) is 0.528. The number of halogens is 1. The topological polar surface area (TPSA) is 138 Å². The molecule has 1 aliphatic heterocycles. The third-order valence-electron chi connectivity index (χ3n) is 6.98. The highest BCUT2D eigenvalue weighted by Crippen LogP contribution is 2.59. The number of pyridine rings is 1. The van der Waals surface area contributed by atoms with Gasteiger partial charge in [0.2, 0.25) is 11.8 Å². The van der Waals surface area contributed by atoms with E-state index >= 15 is 0 Å². The van der Waals surface area contributed by atoms with Crippen LogP contribution in [0.2, 0.25) is 0 Å². The van der Waals surface area contributed by atoms with E-state index in [0.717, 1.165) is 6.42 Å². The molecule has 0 bridgehead atoms. The summed E-state index contributed by atoms with van der Waals surface area (Å²) in [6.45, 7) is 3.27. The van der Waals surface area contributed by atoms with Crippen molar-refractivity contribution in [1.29, 1.82) is 4.78 Å². The molecule has 2 aliphatic rings. The molecule has 3 aromatic rings. The molecule has 0 radical (unpaired) electrons. The molecule has 10 nitrogen and oxygen atoms in total. The number of ketones is 1. The van der Waals surface area contributed by atoms with Crippen LogP contribution in [-0.4, -0.2) is 59.8 Å². The third kappa shape index (κ3) is 4.32. The minimum Gasteiger partial charge on any atom is -0.325 e. The number of hydrogen-bond acceptors (Lipinski definition) is 7. The zero-order chi connectivity index (χ0) is 26.0. The standard InChI is InChI=1S/C24H25BrN6O4S/c1-13(32)22-15-8-7-14(36(3,26)35)9-16(15)30(29-22)12-21(33)31-17(10-24(2)11-18(24)31)23(34)28-20-6-4-5-19(25)27-20/h4-9,17-18,26H,10-12H2,1-3H3,(H,27,28,34)/t17-,18+,24-,36?/m0/s1. The van der Waals surface area contributed by atoms with Crippen LogP contribution < -0.4 is 5.32 Å². The Morgan fingerprint density at radius 3 is 2.67 bits per heavy atom. The summed E-state index contributed by atoms with van der Waals surface area (Å²) in [6, 6.07) is 9.19. The van der Waals surface area contributed by atoms with Crippen LogP contribution in [0.3, 0.4) is 0 Å². The number of fused-ring (bicyclic) bond motifs is 2. The van der Waals surface area contributed by atoms with Gasteiger partial charge in [-0.05, 0) is 64.5 Å². The van der Waals surface area contributed by atoms with E-state index in [9.17, 15) is 18.6 Å². The predicted molar refractivity (Wildman–Crippen MR) is 137 cm³/mol. The van der Waals surface area contributed by atoms with Crippen LogP contribution in [0, 0.1) is 10.2 Å². The number of Topliss-reactive ketones (excluding diaryl/α,β-unsaturated/α-hetero) is 1. The number of nitrogens with zero attached hydrogens (tertiary/aromatic N) is 4. The van der Waals surface area contributed by atoms with Crippen molar-refractivity contribution in [2.24, 2.45) is 5.41 Å². The van der Waals surface area contributed by atoms with Crippen LogP contribution in [0.1, 0.15) is 37.2 Å². The second-order valence-electron chi connectivity index (χ2n) is 9.81. The van der Waals surface area contributed by atoms with Crippen molar-refractivity contribution in [2.45, 2.75) is 50.2 Å². The van der Waals surface area contributed by atoms with Gasteiger partial charge in [-0.3, -0.25) is 19.1 Å². The molecule has 2 amide bonds. The highest BCUT2D eigenvalue weighted by molar-refractivity contribution is 9.10. The molecular formula is C24H25BrN6O4S. The van der Waals surface area contributed by atoms with Crippen molar-refractivity contribution in [1.82, 2.24) is 19.7 Å². The number of carbonyl (C=O) groups excluding carboxylic acids is 3. The molecule has 2 fully saturated rings. The van der Waals surface area contributed by atoms with Gasteiger partial charge in [0.05, 0.1) is 15.2 Å². The third-order valence-corrected chi connectivity index (χ3v) is 8.58. The number of anilines is 1. The van der Waals surface area contributed by atoms with Crippen LogP contribution in [0.25, 0.3) is 10.9 Å². The fraction of sp³-hybridized carbons (Fsp3) is 0.375. The number of aromatic nitrogens is 3. The van der Waals surface area contributed by atoms with Crippen molar-refractivity contribution >= 4 is 60.0 Å². The van der Waals surface area contributed by atoms with Gasteiger partial charge in [0.15, 0.2) is 5.78 Å². The number of piperidine rings is 1. The van der Waals surface area contributed by atoms with Crippen molar-refractivity contribution < 1.29 is 18.6 Å². The molecule has 1 unspecified atom stereocenters. The first-order valence-electron chi connectivity index (χ1n) is 11.4. The molecule has 12 heteroatoms. The quantitative estimate of drug-likeness (QED) is 0.342. The molecule has 2 N–H and O–H groups in total. The van der Waals surface area contributed by atoms with Gasteiger partial charge in [-0.1, -0.05) is 13.0 Å². The van der Waals surface area contributed by atoms with Crippen molar-refractivity contribution in [3.8, 4) is 0 Å². The Morgan fingerprint density at radius 2 is 2.00 bits per heavy atom. The van der Waals surface area contributed by atoms with Gasteiger partial charge in [-0.2, -0.15) is 5.10 Å². The van der Waals surface area contributed by atoms with Crippen LogP contribution in [0.5, 0.6) is 0 Å². The molecule has 1 saturated carbocycles. The van der Waals surface area contributed by atoms with E-state index in [1.165, 1.54) is 17.9 Å². The summed E-state index contributed by atoms with van der Waals surface area (Å²) in [7, 11) is -3.01. The fourth-order valence-electron chi connectivity index (χ4n) is 5.03. The van der Waals surface area contributed by atoms with Crippen molar-refractivity contribution in [3.05, 3.63) is 46.7 Å². The largest absolute Gasteiger partial charge is 0.325 e. The lowest BCUT2D eigenvalue weighted by atomic mass is 10.0. The maximum absolute atomic E-state index is 13.6. The van der Waals surface area contributed by atoms with Gasteiger partial charge in [0.1, 0.15) is 28.7 Å². The van der Waals surface area contributed by atoms with Crippen molar-refractivity contribution in [2.75, 3.05) is 11.6 Å². The second-order valence-corrected chi connectivity index (χ2v) is 12.8. The second kappa shape index (κ2) is 8.48. The number of rotatable bonds is 6. The Morgan fingerprint density at radius 1 is 1.25 bits per heavy atom. The van der Waals surface area contributed by atoms with E-state index in [1.807, 2.05) is 0 Å². The summed E-state index contributed by atoms with van der Waals surface area (Å²) < 4.78 is 22.3. The Hall–Kier alpha value is -3.12. The predicted octanol–water partition coefficient (Wildman–Crippen LogP) is 3.45. The lowest BCUT2D eigenvalue weighted by Crippen LogP contribution is -2.46. The van der Waals surface area contributed by atoms with Gasteiger partial charge in [0.25, 0.3) is 0 Å². The molecule has 1 aliphatic carbocycles.